The molecule has 2 N–H and O–H groups in total. The molecular weight excluding hydrogens is 506 g/mol. The number of nitro groups is 4. The number of hydrogen-bond acceptors (Lipinski definition) is 12. The number of non-ortho nitro benzene ring substituents is 4. The zero-order valence-electron chi connectivity index (χ0n) is 18.5. The number of carbonyl (C=O) groups excluding carboxylic acids is 2. The van der Waals surface area contributed by atoms with E-state index in [0.29, 0.717) is 36.4 Å². The van der Waals surface area contributed by atoms with Gasteiger partial charge in [-0.1, -0.05) is 6.92 Å². The predicted octanol–water partition coefficient (Wildman–Crippen LogP) is 2.14. The first kappa shape index (κ1) is 27.7. The van der Waals surface area contributed by atoms with Crippen LogP contribution in [0.1, 0.15) is 34.1 Å². The minimum Gasteiger partial charge on any atom is -0.478 e. The van der Waals surface area contributed by atoms with Gasteiger partial charge in [-0.25, -0.2) is 9.59 Å². The molecule has 0 bridgehead atoms. The van der Waals surface area contributed by atoms with Crippen LogP contribution >= 0.6 is 0 Å². The first-order valence-electron chi connectivity index (χ1n) is 9.87. The van der Waals surface area contributed by atoms with Crippen molar-refractivity contribution in [1.29, 1.82) is 0 Å². The number of hydrogen-bond donors (Lipinski definition) is 2. The molecule has 37 heavy (non-hydrogen) atoms. The maximum atomic E-state index is 12.6. The van der Waals surface area contributed by atoms with Gasteiger partial charge in [0.25, 0.3) is 28.7 Å². The number of nitrogens with one attached hydrogen (secondary N) is 1. The van der Waals surface area contributed by atoms with Crippen LogP contribution in [0.5, 0.6) is 0 Å². The summed E-state index contributed by atoms with van der Waals surface area (Å²) in [5.41, 5.74) is -4.56. The highest BCUT2D eigenvalue weighted by atomic mass is 16.6. The molecule has 2 rings (SSSR count). The van der Waals surface area contributed by atoms with Gasteiger partial charge in [0.1, 0.15) is 0 Å². The van der Waals surface area contributed by atoms with Gasteiger partial charge in [0.2, 0.25) is 6.10 Å². The quantitative estimate of drug-likeness (QED) is 0.244. The Hall–Kier alpha value is -5.55. The Morgan fingerprint density at radius 2 is 1.16 bits per heavy atom. The number of amides is 1. The van der Waals surface area contributed by atoms with Crippen LogP contribution in [0.3, 0.4) is 0 Å². The van der Waals surface area contributed by atoms with Gasteiger partial charge in [-0.05, 0) is 6.42 Å². The summed E-state index contributed by atoms with van der Waals surface area (Å²) in [4.78, 5) is 77.1. The number of ether oxygens (including phenoxy) is 1. The average Bonchev–Trinajstić information content (AvgIpc) is 2.84. The van der Waals surface area contributed by atoms with Crippen molar-refractivity contribution < 1.29 is 43.9 Å². The largest absolute Gasteiger partial charge is 0.478 e. The summed E-state index contributed by atoms with van der Waals surface area (Å²) < 4.78 is 4.87. The van der Waals surface area contributed by atoms with E-state index in [0.717, 1.165) is 0 Å². The van der Waals surface area contributed by atoms with E-state index < -0.39 is 83.6 Å². The second-order valence-electron chi connectivity index (χ2n) is 7.16. The van der Waals surface area contributed by atoms with Gasteiger partial charge in [-0.15, -0.1) is 0 Å². The highest BCUT2D eigenvalue weighted by molar-refractivity contribution is 5.97. The van der Waals surface area contributed by atoms with Crippen molar-refractivity contribution in [3.8, 4) is 0 Å². The van der Waals surface area contributed by atoms with Crippen LogP contribution in [0.2, 0.25) is 0 Å². The van der Waals surface area contributed by atoms with Crippen LogP contribution in [0.25, 0.3) is 0 Å². The molecule has 0 aliphatic carbocycles. The van der Waals surface area contributed by atoms with E-state index in [4.69, 9.17) is 4.74 Å². The molecule has 18 heteroatoms. The SMILES string of the molecule is CC[C@@H](NC(=O)c1cc([N+](=O)[O-])cc([N+](=O)[O-])c1)[C@H](OC(=O)c1cc([N+](=O)[O-])cc([N+](=O)[O-])c1)C(=O)O. The van der Waals surface area contributed by atoms with Gasteiger partial charge in [0, 0.05) is 24.3 Å². The monoisotopic (exact) mass is 521 g/mol. The number of carboxylic acid groups (broad SMARTS) is 1. The number of carbonyl (C=O) groups is 3. The summed E-state index contributed by atoms with van der Waals surface area (Å²) in [7, 11) is 0. The standard InChI is InChI=1S/C19H15N5O13/c1-2-15(20-17(25)9-3-11(21(29)30)7-12(4-9)22(31)32)16(18(26)27)37-19(28)10-5-13(23(33)34)8-14(6-10)24(35)36/h3-8,15-16H,2H2,1H3,(H,20,25)(H,26,27)/t15-,16+/m1/s1. The Morgan fingerprint density at radius 3 is 1.49 bits per heavy atom. The molecule has 0 aliphatic rings. The first-order chi connectivity index (χ1) is 17.2. The number of rotatable bonds is 11. The van der Waals surface area contributed by atoms with Crippen molar-refractivity contribution in [2.45, 2.75) is 25.5 Å². The van der Waals surface area contributed by atoms with Crippen LogP contribution < -0.4 is 5.32 Å². The van der Waals surface area contributed by atoms with Crippen LogP contribution in [-0.2, 0) is 9.53 Å². The third-order valence-corrected chi connectivity index (χ3v) is 4.75. The Bertz CT molecular complexity index is 1260. The van der Waals surface area contributed by atoms with Crippen molar-refractivity contribution in [2.24, 2.45) is 0 Å². The van der Waals surface area contributed by atoms with Crippen LogP contribution in [0, 0.1) is 40.5 Å². The van der Waals surface area contributed by atoms with Crippen molar-refractivity contribution in [2.75, 3.05) is 0 Å². The van der Waals surface area contributed by atoms with E-state index in [1.165, 1.54) is 6.92 Å². The molecule has 0 heterocycles. The molecule has 194 valence electrons. The van der Waals surface area contributed by atoms with Crippen molar-refractivity contribution in [1.82, 2.24) is 5.32 Å². The number of esters is 1. The summed E-state index contributed by atoms with van der Waals surface area (Å²) in [6.07, 6.45) is -2.34. The fraction of sp³-hybridized carbons (Fsp3) is 0.211. The Kier molecular flexibility index (Phi) is 8.42. The lowest BCUT2D eigenvalue weighted by molar-refractivity contribution is -0.394. The summed E-state index contributed by atoms with van der Waals surface area (Å²) in [6.45, 7) is 1.36. The fourth-order valence-corrected chi connectivity index (χ4v) is 2.99. The number of aliphatic carboxylic acids is 1. The van der Waals surface area contributed by atoms with Gasteiger partial charge in [0.15, 0.2) is 0 Å². The van der Waals surface area contributed by atoms with E-state index in [2.05, 4.69) is 5.32 Å². The Balaban J connectivity index is 2.37. The second kappa shape index (κ2) is 11.3. The normalized spacial score (nSPS) is 12.0. The second-order valence-corrected chi connectivity index (χ2v) is 7.16. The highest BCUT2D eigenvalue weighted by Gasteiger charge is 2.34. The Morgan fingerprint density at radius 1 is 0.784 bits per heavy atom. The number of nitro benzene ring substituents is 4. The number of benzene rings is 2. The van der Waals surface area contributed by atoms with Gasteiger partial charge >= 0.3 is 11.9 Å². The first-order valence-corrected chi connectivity index (χ1v) is 9.87. The van der Waals surface area contributed by atoms with Crippen LogP contribution in [0.4, 0.5) is 22.7 Å². The van der Waals surface area contributed by atoms with E-state index in [1.807, 2.05) is 0 Å². The smallest absolute Gasteiger partial charge is 0.347 e. The molecule has 0 aromatic heterocycles. The zero-order valence-corrected chi connectivity index (χ0v) is 18.5. The van der Waals surface area contributed by atoms with Crippen molar-refractivity contribution >= 4 is 40.6 Å². The molecule has 0 fully saturated rings. The van der Waals surface area contributed by atoms with Gasteiger partial charge in [-0.3, -0.25) is 45.3 Å². The summed E-state index contributed by atoms with van der Waals surface area (Å²) in [5, 5.41) is 55.9. The zero-order chi connectivity index (χ0) is 28.0. The molecule has 2 aromatic rings. The van der Waals surface area contributed by atoms with E-state index in [1.54, 1.807) is 0 Å². The van der Waals surface area contributed by atoms with Crippen LogP contribution in [0.15, 0.2) is 36.4 Å². The van der Waals surface area contributed by atoms with Crippen molar-refractivity contribution in [3.05, 3.63) is 88.0 Å². The third-order valence-electron chi connectivity index (χ3n) is 4.75. The maximum Gasteiger partial charge on any atom is 0.347 e. The molecule has 1 amide bonds. The molecule has 2 aromatic carbocycles. The lowest BCUT2D eigenvalue weighted by Crippen LogP contribution is -2.48. The van der Waals surface area contributed by atoms with Gasteiger partial charge in [-0.2, -0.15) is 0 Å². The summed E-state index contributed by atoms with van der Waals surface area (Å²) in [6, 6.07) is 2.33. The molecular formula is C19H15N5O13. The molecule has 0 spiro atoms. The molecule has 0 aliphatic heterocycles. The molecule has 18 nitrogen and oxygen atoms in total. The lowest BCUT2D eigenvalue weighted by Gasteiger charge is -2.24. The summed E-state index contributed by atoms with van der Waals surface area (Å²) >= 11 is 0. The molecule has 0 radical (unpaired) electrons. The molecule has 0 unspecified atom stereocenters. The van der Waals surface area contributed by atoms with Crippen LogP contribution in [-0.4, -0.2) is 54.8 Å². The summed E-state index contributed by atoms with van der Waals surface area (Å²) in [5.74, 6) is -4.46. The minimum atomic E-state index is -2.13. The van der Waals surface area contributed by atoms with E-state index in [9.17, 15) is 59.9 Å². The van der Waals surface area contributed by atoms with Gasteiger partial charge in [0.05, 0.1) is 49.0 Å². The minimum absolute atomic E-state index is 0.206. The number of nitrogens with zero attached hydrogens (tertiary/aromatic N) is 4. The lowest BCUT2D eigenvalue weighted by atomic mass is 10.1. The number of carboxylic acids is 1. The highest BCUT2D eigenvalue weighted by Crippen LogP contribution is 2.25. The molecule has 0 saturated heterocycles. The van der Waals surface area contributed by atoms with E-state index in [-0.39, 0.29) is 6.42 Å². The fourth-order valence-electron chi connectivity index (χ4n) is 2.99. The van der Waals surface area contributed by atoms with E-state index >= 15 is 0 Å². The third kappa shape index (κ3) is 6.74. The van der Waals surface area contributed by atoms with Crippen molar-refractivity contribution in [3.63, 3.8) is 0 Å². The van der Waals surface area contributed by atoms with Gasteiger partial charge < -0.3 is 15.2 Å². The maximum absolute atomic E-state index is 12.6. The Labute approximate surface area is 204 Å². The molecule has 2 atom stereocenters. The average molecular weight is 521 g/mol. The topological polar surface area (TPSA) is 265 Å². The predicted molar refractivity (Wildman–Crippen MR) is 118 cm³/mol. The molecule has 0 saturated carbocycles.